The average Bonchev–Trinajstić information content (AvgIpc) is 3.16. The lowest BCUT2D eigenvalue weighted by Crippen LogP contribution is -2.53. The van der Waals surface area contributed by atoms with Crippen LogP contribution in [-0.2, 0) is 15.1 Å². The van der Waals surface area contributed by atoms with E-state index in [9.17, 15) is 9.90 Å². The van der Waals surface area contributed by atoms with E-state index in [0.29, 0.717) is 23.8 Å². The summed E-state index contributed by atoms with van der Waals surface area (Å²) in [6, 6.07) is 9.31. The second-order valence-electron chi connectivity index (χ2n) is 7.87. The molecular formula is C20H28N2O3. The van der Waals surface area contributed by atoms with Crippen molar-refractivity contribution in [3.63, 3.8) is 0 Å². The van der Waals surface area contributed by atoms with Crippen molar-refractivity contribution in [3.05, 3.63) is 35.9 Å². The van der Waals surface area contributed by atoms with E-state index < -0.39 is 11.6 Å². The quantitative estimate of drug-likeness (QED) is 0.793. The number of benzene rings is 1. The number of carbonyl (C=O) groups excluding carboxylic acids is 1. The number of hydrogen-bond donors (Lipinski definition) is 2. The normalized spacial score (nSPS) is 33.8. The molecule has 5 rings (SSSR count). The largest absolute Gasteiger partial charge is 0.458 e. The lowest BCUT2D eigenvalue weighted by Gasteiger charge is -2.44. The topological polar surface area (TPSA) is 61.8 Å². The Bertz CT molecular complexity index is 594. The monoisotopic (exact) mass is 344 g/mol. The first-order chi connectivity index (χ1) is 12.1. The Kier molecular flexibility index (Phi) is 4.80. The molecule has 25 heavy (non-hydrogen) atoms. The van der Waals surface area contributed by atoms with Crippen LogP contribution in [0.1, 0.15) is 31.2 Å². The SMILES string of the molecule is O=C(OC1CN2CCC1CC2)C(O)(CC1CCNC1)c1ccccc1. The second kappa shape index (κ2) is 7.06. The van der Waals surface area contributed by atoms with Gasteiger partial charge in [-0.2, -0.15) is 0 Å². The van der Waals surface area contributed by atoms with Crippen molar-refractivity contribution < 1.29 is 14.6 Å². The van der Waals surface area contributed by atoms with Gasteiger partial charge in [0.1, 0.15) is 6.10 Å². The second-order valence-corrected chi connectivity index (χ2v) is 7.87. The summed E-state index contributed by atoms with van der Waals surface area (Å²) in [5, 5.41) is 14.7. The van der Waals surface area contributed by atoms with Crippen molar-refractivity contribution >= 4 is 5.97 Å². The Labute approximate surface area is 149 Å². The van der Waals surface area contributed by atoms with E-state index in [1.165, 1.54) is 0 Å². The lowest BCUT2D eigenvalue weighted by atomic mass is 9.83. The van der Waals surface area contributed by atoms with Gasteiger partial charge >= 0.3 is 5.97 Å². The third kappa shape index (κ3) is 3.46. The maximum atomic E-state index is 13.1. The standard InChI is InChI=1S/C20H28N2O3/c23-19(25-18-14-22-10-7-16(18)8-11-22)20(24,12-15-6-9-21-13-15)17-4-2-1-3-5-17/h1-5,15-16,18,21,24H,6-14H2. The highest BCUT2D eigenvalue weighted by Gasteiger charge is 2.45. The zero-order valence-electron chi connectivity index (χ0n) is 14.7. The van der Waals surface area contributed by atoms with Gasteiger partial charge in [-0.05, 0) is 69.3 Å². The summed E-state index contributed by atoms with van der Waals surface area (Å²) >= 11 is 0. The number of hydrogen-bond acceptors (Lipinski definition) is 5. The Hall–Kier alpha value is -1.43. The molecule has 4 fully saturated rings. The summed E-state index contributed by atoms with van der Waals surface area (Å²) in [5.41, 5.74) is -0.905. The Morgan fingerprint density at radius 3 is 2.60 bits per heavy atom. The molecule has 4 saturated heterocycles. The van der Waals surface area contributed by atoms with Crippen molar-refractivity contribution in [3.8, 4) is 0 Å². The fourth-order valence-corrected chi connectivity index (χ4v) is 4.62. The van der Waals surface area contributed by atoms with Gasteiger partial charge in [0.05, 0.1) is 0 Å². The smallest absolute Gasteiger partial charge is 0.343 e. The molecular weight excluding hydrogens is 316 g/mol. The van der Waals surface area contributed by atoms with Gasteiger partial charge in [0, 0.05) is 6.54 Å². The van der Waals surface area contributed by atoms with Crippen LogP contribution in [0.2, 0.25) is 0 Å². The van der Waals surface area contributed by atoms with Crippen molar-refractivity contribution in [2.75, 3.05) is 32.7 Å². The summed E-state index contributed by atoms with van der Waals surface area (Å²) < 4.78 is 5.90. The van der Waals surface area contributed by atoms with Crippen LogP contribution in [-0.4, -0.2) is 54.8 Å². The molecule has 4 aliphatic heterocycles. The molecule has 0 radical (unpaired) electrons. The molecule has 0 aromatic heterocycles. The number of ether oxygens (including phenoxy) is 1. The number of aliphatic hydroxyl groups is 1. The minimum atomic E-state index is -1.55. The number of nitrogens with one attached hydrogen (secondary N) is 1. The van der Waals surface area contributed by atoms with Gasteiger partial charge in [0.15, 0.2) is 5.60 Å². The predicted molar refractivity (Wildman–Crippen MR) is 95.0 cm³/mol. The maximum absolute atomic E-state index is 13.1. The van der Waals surface area contributed by atoms with Gasteiger partial charge < -0.3 is 15.2 Å². The van der Waals surface area contributed by atoms with Crippen LogP contribution >= 0.6 is 0 Å². The summed E-state index contributed by atoms with van der Waals surface area (Å²) in [5.74, 6) is 0.274. The number of nitrogens with zero attached hydrogens (tertiary/aromatic N) is 1. The van der Waals surface area contributed by atoms with E-state index >= 15 is 0 Å². The molecule has 2 bridgehead atoms. The lowest BCUT2D eigenvalue weighted by molar-refractivity contribution is -0.183. The summed E-state index contributed by atoms with van der Waals surface area (Å²) in [6.45, 7) is 4.82. The molecule has 5 nitrogen and oxygen atoms in total. The van der Waals surface area contributed by atoms with Crippen molar-refractivity contribution in [1.82, 2.24) is 10.2 Å². The predicted octanol–water partition coefficient (Wildman–Crippen LogP) is 1.51. The number of piperidine rings is 3. The average molecular weight is 344 g/mol. The van der Waals surface area contributed by atoms with E-state index in [-0.39, 0.29) is 6.10 Å². The first-order valence-corrected chi connectivity index (χ1v) is 9.57. The number of rotatable bonds is 5. The van der Waals surface area contributed by atoms with E-state index in [0.717, 1.165) is 52.0 Å². The number of esters is 1. The van der Waals surface area contributed by atoms with E-state index in [1.807, 2.05) is 30.3 Å². The van der Waals surface area contributed by atoms with E-state index in [1.54, 1.807) is 0 Å². The molecule has 1 aromatic rings. The van der Waals surface area contributed by atoms with Crippen LogP contribution in [0.3, 0.4) is 0 Å². The molecule has 0 aliphatic carbocycles. The highest BCUT2D eigenvalue weighted by atomic mass is 16.6. The molecule has 0 saturated carbocycles. The molecule has 4 aliphatic rings. The zero-order chi connectivity index (χ0) is 17.3. The van der Waals surface area contributed by atoms with Gasteiger partial charge in [-0.15, -0.1) is 0 Å². The van der Waals surface area contributed by atoms with Crippen molar-refractivity contribution in [2.45, 2.75) is 37.4 Å². The molecule has 2 N–H and O–H groups in total. The highest BCUT2D eigenvalue weighted by Crippen LogP contribution is 2.35. The fraction of sp³-hybridized carbons (Fsp3) is 0.650. The van der Waals surface area contributed by atoms with Gasteiger partial charge in [-0.1, -0.05) is 30.3 Å². The molecule has 5 heteroatoms. The molecule has 3 atom stereocenters. The van der Waals surface area contributed by atoms with Crippen molar-refractivity contribution in [1.29, 1.82) is 0 Å². The minimum absolute atomic E-state index is 0.0769. The highest BCUT2D eigenvalue weighted by molar-refractivity contribution is 5.81. The molecule has 136 valence electrons. The molecule has 3 unspecified atom stereocenters. The van der Waals surface area contributed by atoms with Gasteiger partial charge in [-0.25, -0.2) is 4.79 Å². The van der Waals surface area contributed by atoms with Crippen LogP contribution < -0.4 is 5.32 Å². The Morgan fingerprint density at radius 2 is 2.00 bits per heavy atom. The minimum Gasteiger partial charge on any atom is -0.458 e. The molecule has 4 heterocycles. The first kappa shape index (κ1) is 17.0. The van der Waals surface area contributed by atoms with Crippen LogP contribution in [0.15, 0.2) is 30.3 Å². The summed E-state index contributed by atoms with van der Waals surface area (Å²) in [6.07, 6.45) is 3.52. The van der Waals surface area contributed by atoms with Gasteiger partial charge in [0.25, 0.3) is 0 Å². The van der Waals surface area contributed by atoms with Gasteiger partial charge in [0.2, 0.25) is 0 Å². The van der Waals surface area contributed by atoms with E-state index in [4.69, 9.17) is 4.74 Å². The first-order valence-electron chi connectivity index (χ1n) is 9.57. The van der Waals surface area contributed by atoms with Gasteiger partial charge in [-0.3, -0.25) is 4.90 Å². The summed E-state index contributed by atoms with van der Waals surface area (Å²) in [4.78, 5) is 15.4. The van der Waals surface area contributed by atoms with E-state index in [2.05, 4.69) is 10.2 Å². The van der Waals surface area contributed by atoms with Crippen LogP contribution in [0.5, 0.6) is 0 Å². The number of carbonyl (C=O) groups is 1. The third-order valence-electron chi connectivity index (χ3n) is 6.19. The fourth-order valence-electron chi connectivity index (χ4n) is 4.62. The summed E-state index contributed by atoms with van der Waals surface area (Å²) in [7, 11) is 0. The maximum Gasteiger partial charge on any atom is 0.343 e. The number of fused-ring (bicyclic) bond motifs is 3. The molecule has 1 aromatic carbocycles. The van der Waals surface area contributed by atoms with Crippen LogP contribution in [0.4, 0.5) is 0 Å². The zero-order valence-corrected chi connectivity index (χ0v) is 14.7. The third-order valence-corrected chi connectivity index (χ3v) is 6.19. The molecule has 0 spiro atoms. The van der Waals surface area contributed by atoms with Crippen molar-refractivity contribution in [2.24, 2.45) is 11.8 Å². The Balaban J connectivity index is 1.53. The van der Waals surface area contributed by atoms with Crippen LogP contribution in [0.25, 0.3) is 0 Å². The van der Waals surface area contributed by atoms with Crippen LogP contribution in [0, 0.1) is 11.8 Å². The molecule has 0 amide bonds. The Morgan fingerprint density at radius 1 is 1.24 bits per heavy atom.